The van der Waals surface area contributed by atoms with E-state index >= 15 is 0 Å². The van der Waals surface area contributed by atoms with Crippen molar-refractivity contribution in [2.75, 3.05) is 11.4 Å². The van der Waals surface area contributed by atoms with Crippen molar-refractivity contribution < 1.29 is 13.2 Å². The molecule has 0 fully saturated rings. The van der Waals surface area contributed by atoms with E-state index in [1.54, 1.807) is 24.3 Å². The molecule has 1 aliphatic heterocycles. The maximum atomic E-state index is 12.3. The largest absolute Gasteiger partial charge is 0.359 e. The van der Waals surface area contributed by atoms with Crippen LogP contribution in [0.4, 0.5) is 5.69 Å². The number of rotatable bonds is 5. The van der Waals surface area contributed by atoms with Crippen LogP contribution in [0.2, 0.25) is 5.02 Å². The number of nitrogens with one attached hydrogen (secondary N) is 1. The fourth-order valence-electron chi connectivity index (χ4n) is 3.10. The summed E-state index contributed by atoms with van der Waals surface area (Å²) in [6.07, 6.45) is 0.670. The number of hydrogen-bond acceptors (Lipinski definition) is 4. The zero-order valence-electron chi connectivity index (χ0n) is 14.3. The molecule has 0 saturated carbocycles. The standard InChI is InChI=1S/C18H20ClN3O3S/c1-12-8-14-9-16(26(20,24)25)6-7-17(14)22(12)11-18(23)21-10-13-2-4-15(19)5-3-13/h2-7,9,12H,8,10-11H2,1H3,(H,21,23)(H2,20,24,25)/t12-/m1/s1. The van der Waals surface area contributed by atoms with Gasteiger partial charge in [0.25, 0.3) is 0 Å². The molecule has 138 valence electrons. The number of carbonyl (C=O) groups excluding carboxylic acids is 1. The smallest absolute Gasteiger partial charge is 0.239 e. The fraction of sp³-hybridized carbons (Fsp3) is 0.278. The van der Waals surface area contributed by atoms with Crippen LogP contribution in [0.25, 0.3) is 0 Å². The maximum Gasteiger partial charge on any atom is 0.239 e. The van der Waals surface area contributed by atoms with E-state index in [1.165, 1.54) is 6.07 Å². The van der Waals surface area contributed by atoms with Crippen molar-refractivity contribution in [1.82, 2.24) is 5.32 Å². The number of halogens is 1. The van der Waals surface area contributed by atoms with Crippen molar-refractivity contribution >= 4 is 33.2 Å². The van der Waals surface area contributed by atoms with Gasteiger partial charge in [0.2, 0.25) is 15.9 Å². The number of carbonyl (C=O) groups is 1. The van der Waals surface area contributed by atoms with Crippen LogP contribution in [0.15, 0.2) is 47.4 Å². The Hall–Kier alpha value is -2.09. The molecule has 0 spiro atoms. The van der Waals surface area contributed by atoms with Crippen molar-refractivity contribution in [2.24, 2.45) is 5.14 Å². The maximum absolute atomic E-state index is 12.3. The molecule has 1 heterocycles. The van der Waals surface area contributed by atoms with Gasteiger partial charge in [-0.1, -0.05) is 23.7 Å². The zero-order chi connectivity index (χ0) is 18.9. The van der Waals surface area contributed by atoms with Crippen LogP contribution in [0.5, 0.6) is 0 Å². The van der Waals surface area contributed by atoms with Gasteiger partial charge >= 0.3 is 0 Å². The third-order valence-electron chi connectivity index (χ3n) is 4.45. The molecule has 8 heteroatoms. The minimum absolute atomic E-state index is 0.0949. The second-order valence-corrected chi connectivity index (χ2v) is 8.42. The number of amides is 1. The predicted octanol–water partition coefficient (Wildman–Crippen LogP) is 2.05. The van der Waals surface area contributed by atoms with Gasteiger partial charge in [-0.2, -0.15) is 0 Å². The van der Waals surface area contributed by atoms with E-state index in [9.17, 15) is 13.2 Å². The number of sulfonamides is 1. The summed E-state index contributed by atoms with van der Waals surface area (Å²) in [5.41, 5.74) is 2.72. The van der Waals surface area contributed by atoms with Crippen LogP contribution in [-0.2, 0) is 27.8 Å². The van der Waals surface area contributed by atoms with Gasteiger partial charge in [-0.05, 0) is 54.8 Å². The average molecular weight is 394 g/mol. The highest BCUT2D eigenvalue weighted by Gasteiger charge is 2.28. The molecule has 0 aromatic heterocycles. The van der Waals surface area contributed by atoms with Gasteiger partial charge in [0.15, 0.2) is 0 Å². The zero-order valence-corrected chi connectivity index (χ0v) is 15.8. The number of fused-ring (bicyclic) bond motifs is 1. The molecule has 3 N–H and O–H groups in total. The van der Waals surface area contributed by atoms with Gasteiger partial charge in [-0.3, -0.25) is 4.79 Å². The summed E-state index contributed by atoms with van der Waals surface area (Å²) in [5, 5.41) is 8.74. The van der Waals surface area contributed by atoms with E-state index in [2.05, 4.69) is 5.32 Å². The Morgan fingerprint density at radius 2 is 1.96 bits per heavy atom. The third-order valence-corrected chi connectivity index (χ3v) is 5.62. The van der Waals surface area contributed by atoms with Gasteiger partial charge in [-0.15, -0.1) is 0 Å². The molecule has 0 saturated heterocycles. The molecule has 0 unspecified atom stereocenters. The first-order valence-corrected chi connectivity index (χ1v) is 10.1. The number of primary sulfonamides is 1. The second-order valence-electron chi connectivity index (χ2n) is 6.42. The highest BCUT2D eigenvalue weighted by Crippen LogP contribution is 2.33. The lowest BCUT2D eigenvalue weighted by atomic mass is 10.1. The molecule has 6 nitrogen and oxygen atoms in total. The molecule has 1 atom stereocenters. The first-order chi connectivity index (χ1) is 12.2. The third kappa shape index (κ3) is 4.17. The summed E-state index contributed by atoms with van der Waals surface area (Å²) >= 11 is 5.85. The number of benzene rings is 2. The van der Waals surface area contributed by atoms with Gasteiger partial charge in [0.05, 0.1) is 11.4 Å². The van der Waals surface area contributed by atoms with Crippen LogP contribution < -0.4 is 15.4 Å². The Kier molecular flexibility index (Phi) is 5.22. The minimum Gasteiger partial charge on any atom is -0.359 e. The average Bonchev–Trinajstić information content (AvgIpc) is 2.88. The van der Waals surface area contributed by atoms with E-state index < -0.39 is 10.0 Å². The molecule has 0 bridgehead atoms. The summed E-state index contributed by atoms with van der Waals surface area (Å²) in [7, 11) is -3.73. The second kappa shape index (κ2) is 7.26. The topological polar surface area (TPSA) is 92.5 Å². The summed E-state index contributed by atoms with van der Waals surface area (Å²) in [6.45, 7) is 2.63. The number of anilines is 1. The quantitative estimate of drug-likeness (QED) is 0.813. The Bertz CT molecular complexity index is 929. The summed E-state index contributed by atoms with van der Waals surface area (Å²) < 4.78 is 23.0. The van der Waals surface area contributed by atoms with Crippen LogP contribution in [0.1, 0.15) is 18.1 Å². The Labute approximate surface area is 158 Å². The minimum atomic E-state index is -3.73. The Morgan fingerprint density at radius 1 is 1.27 bits per heavy atom. The van der Waals surface area contributed by atoms with Crippen molar-refractivity contribution in [3.63, 3.8) is 0 Å². The van der Waals surface area contributed by atoms with Crippen molar-refractivity contribution in [3.8, 4) is 0 Å². The number of nitrogens with zero attached hydrogens (tertiary/aromatic N) is 1. The molecule has 2 aromatic carbocycles. The predicted molar refractivity (Wildman–Crippen MR) is 102 cm³/mol. The molecule has 0 aliphatic carbocycles. The molecule has 1 aliphatic rings. The summed E-state index contributed by atoms with van der Waals surface area (Å²) in [6, 6.07) is 12.2. The molecule has 26 heavy (non-hydrogen) atoms. The van der Waals surface area contributed by atoms with Gasteiger partial charge in [-0.25, -0.2) is 13.6 Å². The summed E-state index contributed by atoms with van der Waals surface area (Å²) in [4.78, 5) is 14.4. The van der Waals surface area contributed by atoms with Crippen molar-refractivity contribution in [3.05, 3.63) is 58.6 Å². The molecular formula is C18H20ClN3O3S. The molecule has 3 rings (SSSR count). The highest BCUT2D eigenvalue weighted by molar-refractivity contribution is 7.89. The van der Waals surface area contributed by atoms with E-state index in [0.717, 1.165) is 16.8 Å². The van der Waals surface area contributed by atoms with Crippen molar-refractivity contribution in [1.29, 1.82) is 0 Å². The first-order valence-electron chi connectivity index (χ1n) is 8.17. The lowest BCUT2D eigenvalue weighted by Gasteiger charge is -2.24. The SMILES string of the molecule is C[C@@H]1Cc2cc(S(N)(=O)=O)ccc2N1CC(=O)NCc1ccc(Cl)cc1. The van der Waals surface area contributed by atoms with Crippen LogP contribution in [0, 0.1) is 0 Å². The van der Waals surface area contributed by atoms with Crippen molar-refractivity contribution in [2.45, 2.75) is 30.8 Å². The monoisotopic (exact) mass is 393 g/mol. The highest BCUT2D eigenvalue weighted by atomic mass is 35.5. The van der Waals surface area contributed by atoms with E-state index in [0.29, 0.717) is 18.0 Å². The molecule has 2 aromatic rings. The molecular weight excluding hydrogens is 374 g/mol. The van der Waals surface area contributed by atoms with E-state index in [-0.39, 0.29) is 23.4 Å². The lowest BCUT2D eigenvalue weighted by Crippen LogP contribution is -2.39. The van der Waals surface area contributed by atoms with Gasteiger partial charge in [0.1, 0.15) is 0 Å². The van der Waals surface area contributed by atoms with E-state index in [4.69, 9.17) is 16.7 Å². The normalized spacial score (nSPS) is 16.4. The van der Waals surface area contributed by atoms with Gasteiger partial charge < -0.3 is 10.2 Å². The van der Waals surface area contributed by atoms with Crippen LogP contribution in [-0.4, -0.2) is 26.9 Å². The van der Waals surface area contributed by atoms with Crippen LogP contribution >= 0.6 is 11.6 Å². The number of hydrogen-bond donors (Lipinski definition) is 2. The molecule has 1 amide bonds. The molecule has 0 radical (unpaired) electrons. The van der Waals surface area contributed by atoms with Gasteiger partial charge in [0, 0.05) is 23.3 Å². The first kappa shape index (κ1) is 18.7. The lowest BCUT2D eigenvalue weighted by molar-refractivity contribution is -0.120. The Morgan fingerprint density at radius 3 is 2.62 bits per heavy atom. The number of nitrogens with two attached hydrogens (primary N) is 1. The van der Waals surface area contributed by atoms with E-state index in [1.807, 2.05) is 24.0 Å². The van der Waals surface area contributed by atoms with Crippen LogP contribution in [0.3, 0.4) is 0 Å². The Balaban J connectivity index is 1.67. The summed E-state index contributed by atoms with van der Waals surface area (Å²) in [5.74, 6) is -0.102. The fourth-order valence-corrected chi connectivity index (χ4v) is 3.79.